The molecule has 128 valence electrons. The molecule has 2 bridgehead atoms. The number of hydrogen-bond acceptors (Lipinski definition) is 2. The summed E-state index contributed by atoms with van der Waals surface area (Å²) in [4.78, 5) is 0. The first kappa shape index (κ1) is 15.4. The Hall–Kier alpha value is -1.84. The third-order valence-corrected chi connectivity index (χ3v) is 6.71. The van der Waals surface area contributed by atoms with Crippen molar-refractivity contribution in [1.29, 1.82) is 0 Å². The van der Waals surface area contributed by atoms with E-state index >= 15 is 0 Å². The molecular weight excluding hydrogens is 324 g/mol. The van der Waals surface area contributed by atoms with Gasteiger partial charge in [0.2, 0.25) is 0 Å². The highest BCUT2D eigenvalue weighted by Gasteiger charge is 2.52. The topological polar surface area (TPSA) is 29.5 Å². The van der Waals surface area contributed by atoms with Crippen molar-refractivity contribution in [3.63, 3.8) is 0 Å². The molecule has 5 rings (SSSR count). The van der Waals surface area contributed by atoms with Crippen LogP contribution < -0.4 is 4.74 Å². The van der Waals surface area contributed by atoms with Crippen LogP contribution in [0.1, 0.15) is 31.2 Å². The smallest absolute Gasteiger partial charge is 0.134 e. The monoisotopic (exact) mass is 348 g/mol. The van der Waals surface area contributed by atoms with Gasteiger partial charge in [-0.15, -0.1) is 0 Å². The Bertz CT molecular complexity index is 910. The van der Waals surface area contributed by atoms with E-state index in [1.54, 1.807) is 0 Å². The van der Waals surface area contributed by atoms with Gasteiger partial charge in [0.15, 0.2) is 0 Å². The van der Waals surface area contributed by atoms with E-state index in [1.807, 2.05) is 0 Å². The van der Waals surface area contributed by atoms with Crippen molar-refractivity contribution >= 4 is 31.8 Å². The van der Waals surface area contributed by atoms with Crippen LogP contribution in [-0.2, 0) is 5.60 Å². The lowest BCUT2D eigenvalue weighted by Gasteiger charge is -2.35. The van der Waals surface area contributed by atoms with Crippen LogP contribution >= 0.6 is 0 Å². The molecule has 2 saturated carbocycles. The molecule has 0 radical (unpaired) electrons. The van der Waals surface area contributed by atoms with Crippen molar-refractivity contribution in [2.45, 2.75) is 31.3 Å². The lowest BCUT2D eigenvalue weighted by Crippen LogP contribution is -2.32. The van der Waals surface area contributed by atoms with Crippen molar-refractivity contribution < 1.29 is 9.84 Å². The fraction of sp³-hybridized carbons (Fsp3) is 0.364. The van der Waals surface area contributed by atoms with Gasteiger partial charge >= 0.3 is 0 Å². The zero-order chi connectivity index (χ0) is 17.0. The van der Waals surface area contributed by atoms with Gasteiger partial charge in [-0.1, -0.05) is 48.5 Å². The van der Waals surface area contributed by atoms with Crippen LogP contribution in [0.3, 0.4) is 0 Å². The molecule has 0 heterocycles. The molecule has 2 nitrogen and oxygen atoms in total. The number of benzene rings is 3. The third kappa shape index (κ3) is 2.12. The Morgan fingerprint density at radius 3 is 2.04 bits per heavy atom. The molecule has 0 spiro atoms. The highest BCUT2D eigenvalue weighted by Crippen LogP contribution is 2.58. The molecule has 2 aliphatic rings. The van der Waals surface area contributed by atoms with Gasteiger partial charge in [-0.05, 0) is 53.9 Å². The average Bonchev–Trinajstić information content (AvgIpc) is 3.22. The van der Waals surface area contributed by atoms with Crippen LogP contribution in [0.5, 0.6) is 5.75 Å². The van der Waals surface area contributed by atoms with Crippen LogP contribution in [-0.4, -0.2) is 21.6 Å². The largest absolute Gasteiger partial charge is 0.497 e. The Morgan fingerprint density at radius 1 is 0.960 bits per heavy atom. The van der Waals surface area contributed by atoms with E-state index in [-0.39, 0.29) is 0 Å². The Balaban J connectivity index is 1.90. The summed E-state index contributed by atoms with van der Waals surface area (Å²) >= 11 is 0. The van der Waals surface area contributed by atoms with Gasteiger partial charge in [0.05, 0.1) is 22.1 Å². The predicted octanol–water partition coefficient (Wildman–Crippen LogP) is 3.70. The number of aliphatic hydroxyl groups is 1. The van der Waals surface area contributed by atoms with Crippen LogP contribution in [0.2, 0.25) is 0 Å². The van der Waals surface area contributed by atoms with Crippen LogP contribution in [0.4, 0.5) is 0 Å². The minimum Gasteiger partial charge on any atom is -0.497 e. The first-order chi connectivity index (χ1) is 12.2. The fourth-order valence-corrected chi connectivity index (χ4v) is 5.75. The summed E-state index contributed by atoms with van der Waals surface area (Å²) in [6, 6.07) is 16.9. The number of rotatable bonds is 3. The van der Waals surface area contributed by atoms with Crippen molar-refractivity contribution in [1.82, 2.24) is 0 Å². The molecule has 0 saturated heterocycles. The maximum absolute atomic E-state index is 11.8. The summed E-state index contributed by atoms with van der Waals surface area (Å²) < 4.78 is 6.13. The maximum atomic E-state index is 11.8. The number of hydrogen-bond donors (Lipinski definition) is 1. The van der Waals surface area contributed by atoms with Crippen molar-refractivity contribution in [2.75, 3.05) is 6.23 Å². The number of fused-ring (bicyclic) bond motifs is 4. The summed E-state index contributed by atoms with van der Waals surface area (Å²) in [6.07, 6.45) is 5.31. The molecule has 0 aromatic heterocycles. The molecular formula is C22H24O2Si. The third-order valence-electron chi connectivity index (χ3n) is 6.42. The van der Waals surface area contributed by atoms with Gasteiger partial charge in [-0.2, -0.15) is 0 Å². The van der Waals surface area contributed by atoms with Crippen molar-refractivity contribution in [3.8, 4) is 5.75 Å². The molecule has 3 heteroatoms. The maximum Gasteiger partial charge on any atom is 0.134 e. The highest BCUT2D eigenvalue weighted by molar-refractivity contribution is 6.11. The highest BCUT2D eigenvalue weighted by atomic mass is 28.1. The molecule has 3 aromatic rings. The lowest BCUT2D eigenvalue weighted by molar-refractivity contribution is -0.0155. The SMILES string of the molecule is OC1(c2c3ccccc3c(OC[SiH3])c3ccccc23)CC2CCC1C2. The van der Waals surface area contributed by atoms with Gasteiger partial charge in [0.25, 0.3) is 0 Å². The predicted molar refractivity (Wildman–Crippen MR) is 106 cm³/mol. The van der Waals surface area contributed by atoms with E-state index < -0.39 is 5.60 Å². The zero-order valence-electron chi connectivity index (χ0n) is 14.7. The van der Waals surface area contributed by atoms with Crippen molar-refractivity contribution in [2.24, 2.45) is 11.8 Å². The Labute approximate surface area is 151 Å². The van der Waals surface area contributed by atoms with Gasteiger partial charge in [0.1, 0.15) is 5.75 Å². The molecule has 1 N–H and O–H groups in total. The van der Waals surface area contributed by atoms with Gasteiger partial charge in [-0.3, -0.25) is 0 Å². The molecule has 2 aliphatic carbocycles. The molecule has 0 amide bonds. The quantitative estimate of drug-likeness (QED) is 0.578. The van der Waals surface area contributed by atoms with E-state index in [2.05, 4.69) is 48.5 Å². The second kappa shape index (κ2) is 5.58. The van der Waals surface area contributed by atoms with E-state index in [0.29, 0.717) is 11.8 Å². The molecule has 3 aromatic carbocycles. The fourth-order valence-electron chi connectivity index (χ4n) is 5.46. The molecule has 0 aliphatic heterocycles. The summed E-state index contributed by atoms with van der Waals surface area (Å²) in [7, 11) is 1.01. The summed E-state index contributed by atoms with van der Waals surface area (Å²) in [5, 5.41) is 16.5. The zero-order valence-corrected chi connectivity index (χ0v) is 16.7. The molecule has 3 unspecified atom stereocenters. The van der Waals surface area contributed by atoms with E-state index in [1.165, 1.54) is 23.6 Å². The molecule has 25 heavy (non-hydrogen) atoms. The van der Waals surface area contributed by atoms with Gasteiger partial charge in [-0.25, -0.2) is 0 Å². The summed E-state index contributed by atoms with van der Waals surface area (Å²) in [5.74, 6) is 2.07. The van der Waals surface area contributed by atoms with Gasteiger partial charge in [0, 0.05) is 10.8 Å². The Kier molecular flexibility index (Phi) is 3.44. The molecule has 2 fully saturated rings. The van der Waals surface area contributed by atoms with Crippen LogP contribution in [0, 0.1) is 11.8 Å². The molecule has 3 atom stereocenters. The first-order valence-electron chi connectivity index (χ1n) is 9.51. The normalized spacial score (nSPS) is 28.2. The first-order valence-corrected chi connectivity index (χ1v) is 10.9. The summed E-state index contributed by atoms with van der Waals surface area (Å²) in [5.41, 5.74) is 0.452. The minimum atomic E-state index is -0.693. The second-order valence-corrected chi connectivity index (χ2v) is 8.31. The van der Waals surface area contributed by atoms with Gasteiger partial charge < -0.3 is 9.84 Å². The minimum absolute atomic E-state index is 0.398. The van der Waals surface area contributed by atoms with E-state index in [9.17, 15) is 5.11 Å². The lowest BCUT2D eigenvalue weighted by atomic mass is 9.75. The standard InChI is InChI=1S/C22H24O2Si/c23-22(12-14-9-10-15(22)11-14)20-16-5-1-3-7-18(16)21(24-13-25)19-8-4-2-6-17(19)20/h1-8,14-15,23H,9-13H2,25H3. The number of ether oxygens (including phenoxy) is 1. The Morgan fingerprint density at radius 2 is 1.56 bits per heavy atom. The van der Waals surface area contributed by atoms with Crippen LogP contribution in [0.15, 0.2) is 48.5 Å². The second-order valence-electron chi connectivity index (χ2n) is 7.73. The van der Waals surface area contributed by atoms with E-state index in [0.717, 1.165) is 51.4 Å². The van der Waals surface area contributed by atoms with Crippen LogP contribution in [0.25, 0.3) is 21.5 Å². The van der Waals surface area contributed by atoms with Crippen molar-refractivity contribution in [3.05, 3.63) is 54.1 Å². The summed E-state index contributed by atoms with van der Waals surface area (Å²) in [6.45, 7) is 0. The average molecular weight is 349 g/mol. The van der Waals surface area contributed by atoms with E-state index in [4.69, 9.17) is 4.74 Å².